The largest absolute Gasteiger partial charge is 0.457 e. The quantitative estimate of drug-likeness (QED) is 0.420. The molecular formula is C19H12Cl2O2. The molecule has 0 atom stereocenters. The summed E-state index contributed by atoms with van der Waals surface area (Å²) in [6.45, 7) is 0. The number of rotatable bonds is 4. The summed E-state index contributed by atoms with van der Waals surface area (Å²) in [6, 6.07) is 17.9. The first-order chi connectivity index (χ1) is 11.1. The molecule has 3 rings (SSSR count). The molecule has 0 saturated carbocycles. The Morgan fingerprint density at radius 1 is 0.913 bits per heavy atom. The van der Waals surface area contributed by atoms with E-state index in [0.717, 1.165) is 5.56 Å². The number of furan rings is 1. The van der Waals surface area contributed by atoms with E-state index < -0.39 is 0 Å². The van der Waals surface area contributed by atoms with Gasteiger partial charge in [0.1, 0.15) is 11.5 Å². The van der Waals surface area contributed by atoms with Gasteiger partial charge in [0.05, 0.1) is 0 Å². The van der Waals surface area contributed by atoms with E-state index in [1.165, 1.54) is 6.08 Å². The highest BCUT2D eigenvalue weighted by molar-refractivity contribution is 6.35. The Labute approximate surface area is 144 Å². The maximum Gasteiger partial charge on any atom is 0.185 e. The molecule has 0 radical (unpaired) electrons. The standard InChI is InChI=1S/C19H12Cl2O2/c20-15-10-14(11-16(21)12-15)19-9-7-17(23-19)6-8-18(22)13-4-2-1-3-5-13/h1-12H/b8-6-. The lowest BCUT2D eigenvalue weighted by atomic mass is 10.1. The van der Waals surface area contributed by atoms with E-state index in [2.05, 4.69) is 0 Å². The molecule has 0 amide bonds. The van der Waals surface area contributed by atoms with E-state index in [1.54, 1.807) is 42.5 Å². The van der Waals surface area contributed by atoms with Crippen molar-refractivity contribution in [1.82, 2.24) is 0 Å². The zero-order valence-electron chi connectivity index (χ0n) is 12.0. The number of carbonyl (C=O) groups excluding carboxylic acids is 1. The molecule has 3 aromatic rings. The molecule has 0 saturated heterocycles. The zero-order chi connectivity index (χ0) is 16.2. The summed E-state index contributed by atoms with van der Waals surface area (Å²) in [7, 11) is 0. The number of hydrogen-bond acceptors (Lipinski definition) is 2. The Bertz CT molecular complexity index is 844. The van der Waals surface area contributed by atoms with Crippen LogP contribution < -0.4 is 0 Å². The lowest BCUT2D eigenvalue weighted by Gasteiger charge is -1.99. The van der Waals surface area contributed by atoms with Gasteiger partial charge in [-0.25, -0.2) is 0 Å². The van der Waals surface area contributed by atoms with E-state index in [9.17, 15) is 4.79 Å². The van der Waals surface area contributed by atoms with Crippen LogP contribution in [0.2, 0.25) is 10.0 Å². The minimum Gasteiger partial charge on any atom is -0.457 e. The first-order valence-electron chi connectivity index (χ1n) is 6.95. The lowest BCUT2D eigenvalue weighted by Crippen LogP contribution is -1.92. The highest BCUT2D eigenvalue weighted by Gasteiger charge is 2.06. The second-order valence-corrected chi connectivity index (χ2v) is 5.80. The Morgan fingerprint density at radius 3 is 2.30 bits per heavy atom. The third-order valence-electron chi connectivity index (χ3n) is 3.23. The predicted octanol–water partition coefficient (Wildman–Crippen LogP) is 6.15. The highest BCUT2D eigenvalue weighted by atomic mass is 35.5. The van der Waals surface area contributed by atoms with Crippen LogP contribution in [0.4, 0.5) is 0 Å². The number of allylic oxidation sites excluding steroid dienone is 1. The lowest BCUT2D eigenvalue weighted by molar-refractivity contribution is 0.104. The Kier molecular flexibility index (Phi) is 4.65. The highest BCUT2D eigenvalue weighted by Crippen LogP contribution is 2.28. The molecule has 4 heteroatoms. The topological polar surface area (TPSA) is 30.2 Å². The fourth-order valence-corrected chi connectivity index (χ4v) is 2.68. The molecule has 0 spiro atoms. The van der Waals surface area contributed by atoms with Crippen LogP contribution in [0.1, 0.15) is 16.1 Å². The molecule has 0 aliphatic carbocycles. The van der Waals surface area contributed by atoms with Crippen molar-refractivity contribution in [2.24, 2.45) is 0 Å². The second kappa shape index (κ2) is 6.86. The monoisotopic (exact) mass is 342 g/mol. The van der Waals surface area contributed by atoms with Gasteiger partial charge in [-0.05, 0) is 42.5 Å². The molecule has 0 unspecified atom stereocenters. The van der Waals surface area contributed by atoms with E-state index in [-0.39, 0.29) is 5.78 Å². The van der Waals surface area contributed by atoms with Gasteiger partial charge < -0.3 is 4.42 Å². The summed E-state index contributed by atoms with van der Waals surface area (Å²) < 4.78 is 5.71. The van der Waals surface area contributed by atoms with Crippen LogP contribution in [0.25, 0.3) is 17.4 Å². The van der Waals surface area contributed by atoms with E-state index >= 15 is 0 Å². The van der Waals surface area contributed by atoms with Gasteiger partial charge in [0.15, 0.2) is 5.78 Å². The number of halogens is 2. The third kappa shape index (κ3) is 3.92. The average Bonchev–Trinajstić information content (AvgIpc) is 3.01. The van der Waals surface area contributed by atoms with Crippen LogP contribution in [0.3, 0.4) is 0 Å². The molecule has 0 aliphatic rings. The summed E-state index contributed by atoms with van der Waals surface area (Å²) in [5.74, 6) is 1.15. The summed E-state index contributed by atoms with van der Waals surface area (Å²) in [4.78, 5) is 12.0. The SMILES string of the molecule is O=C(/C=C\c1ccc(-c2cc(Cl)cc(Cl)c2)o1)c1ccccc1. The molecule has 1 aromatic heterocycles. The van der Waals surface area contributed by atoms with Gasteiger partial charge in [-0.2, -0.15) is 0 Å². The molecule has 0 aliphatic heterocycles. The second-order valence-electron chi connectivity index (χ2n) is 4.92. The van der Waals surface area contributed by atoms with Gasteiger partial charge in [0.2, 0.25) is 0 Å². The van der Waals surface area contributed by atoms with Gasteiger partial charge in [-0.15, -0.1) is 0 Å². The van der Waals surface area contributed by atoms with Crippen LogP contribution in [0, 0.1) is 0 Å². The van der Waals surface area contributed by atoms with Crippen molar-refractivity contribution >= 4 is 35.1 Å². The van der Waals surface area contributed by atoms with E-state index in [4.69, 9.17) is 27.6 Å². The molecule has 114 valence electrons. The summed E-state index contributed by atoms with van der Waals surface area (Å²) >= 11 is 12.0. The minimum absolute atomic E-state index is 0.0747. The first kappa shape index (κ1) is 15.6. The molecule has 0 N–H and O–H groups in total. The molecule has 0 bridgehead atoms. The van der Waals surface area contributed by atoms with Gasteiger partial charge in [-0.1, -0.05) is 53.5 Å². The fraction of sp³-hybridized carbons (Fsp3) is 0. The third-order valence-corrected chi connectivity index (χ3v) is 3.67. The smallest absolute Gasteiger partial charge is 0.185 e. The van der Waals surface area contributed by atoms with Crippen molar-refractivity contribution in [3.8, 4) is 11.3 Å². The predicted molar refractivity (Wildman–Crippen MR) is 94.0 cm³/mol. The Balaban J connectivity index is 1.79. The summed E-state index contributed by atoms with van der Waals surface area (Å²) in [5, 5.41) is 1.08. The van der Waals surface area contributed by atoms with Gasteiger partial charge in [0, 0.05) is 21.2 Å². The molecule has 23 heavy (non-hydrogen) atoms. The molecule has 2 aromatic carbocycles. The van der Waals surface area contributed by atoms with Crippen molar-refractivity contribution in [3.63, 3.8) is 0 Å². The summed E-state index contributed by atoms with van der Waals surface area (Å²) in [5.41, 5.74) is 1.42. The van der Waals surface area contributed by atoms with Crippen molar-refractivity contribution in [2.75, 3.05) is 0 Å². The van der Waals surface area contributed by atoms with Gasteiger partial charge in [0.25, 0.3) is 0 Å². The summed E-state index contributed by atoms with van der Waals surface area (Å²) in [6.07, 6.45) is 3.13. The molecule has 0 fully saturated rings. The maximum atomic E-state index is 12.0. The fourth-order valence-electron chi connectivity index (χ4n) is 2.15. The number of benzene rings is 2. The van der Waals surface area contributed by atoms with Crippen LogP contribution >= 0.6 is 23.2 Å². The van der Waals surface area contributed by atoms with Gasteiger partial charge in [-0.3, -0.25) is 4.79 Å². The zero-order valence-corrected chi connectivity index (χ0v) is 13.5. The number of carbonyl (C=O) groups is 1. The Morgan fingerprint density at radius 2 is 1.61 bits per heavy atom. The number of hydrogen-bond donors (Lipinski definition) is 0. The average molecular weight is 343 g/mol. The Hall–Kier alpha value is -2.29. The van der Waals surface area contributed by atoms with E-state index in [1.807, 2.05) is 24.3 Å². The van der Waals surface area contributed by atoms with Crippen LogP contribution in [0.15, 0.2) is 71.2 Å². The maximum absolute atomic E-state index is 12.0. The van der Waals surface area contributed by atoms with Crippen LogP contribution in [0.5, 0.6) is 0 Å². The van der Waals surface area contributed by atoms with Crippen molar-refractivity contribution in [3.05, 3.63) is 88.1 Å². The van der Waals surface area contributed by atoms with Crippen molar-refractivity contribution in [1.29, 1.82) is 0 Å². The number of ketones is 1. The van der Waals surface area contributed by atoms with Crippen molar-refractivity contribution < 1.29 is 9.21 Å². The minimum atomic E-state index is -0.0747. The molecule has 2 nitrogen and oxygen atoms in total. The first-order valence-corrected chi connectivity index (χ1v) is 7.71. The van der Waals surface area contributed by atoms with Crippen molar-refractivity contribution in [2.45, 2.75) is 0 Å². The van der Waals surface area contributed by atoms with Crippen LogP contribution in [-0.4, -0.2) is 5.78 Å². The molecular weight excluding hydrogens is 331 g/mol. The normalized spacial score (nSPS) is 11.0. The molecule has 1 heterocycles. The van der Waals surface area contributed by atoms with E-state index in [0.29, 0.717) is 27.1 Å². The van der Waals surface area contributed by atoms with Crippen LogP contribution in [-0.2, 0) is 0 Å². The van der Waals surface area contributed by atoms with Gasteiger partial charge >= 0.3 is 0 Å².